The van der Waals surface area contributed by atoms with E-state index >= 15 is 0 Å². The van der Waals surface area contributed by atoms with Crippen LogP contribution < -0.4 is 4.74 Å². The maximum Gasteiger partial charge on any atom is 0.343 e. The van der Waals surface area contributed by atoms with Gasteiger partial charge in [0.2, 0.25) is 0 Å². The van der Waals surface area contributed by atoms with Crippen LogP contribution in [-0.4, -0.2) is 19.7 Å². The van der Waals surface area contributed by atoms with Crippen LogP contribution in [0.15, 0.2) is 12.1 Å². The van der Waals surface area contributed by atoms with Crippen LogP contribution >= 0.6 is 11.6 Å². The first-order chi connectivity index (χ1) is 7.04. The van der Waals surface area contributed by atoms with Crippen molar-refractivity contribution in [2.24, 2.45) is 0 Å². The number of hydrogen-bond acceptors (Lipinski definition) is 3. The zero-order valence-electron chi connectivity index (χ0n) is 8.34. The molecule has 15 heavy (non-hydrogen) atoms. The monoisotopic (exact) mass is 232 g/mol. The summed E-state index contributed by atoms with van der Waals surface area (Å²) in [5.41, 5.74) is 0.402. The van der Waals surface area contributed by atoms with Crippen molar-refractivity contribution < 1.29 is 18.7 Å². The maximum atomic E-state index is 13.0. The van der Waals surface area contributed by atoms with Gasteiger partial charge in [-0.1, -0.05) is 11.6 Å². The second-order valence-electron chi connectivity index (χ2n) is 2.90. The molecule has 5 heteroatoms. The van der Waals surface area contributed by atoms with Gasteiger partial charge in [0.1, 0.15) is 11.6 Å². The maximum absolute atomic E-state index is 13.0. The van der Waals surface area contributed by atoms with Gasteiger partial charge in [-0.15, -0.1) is 0 Å². The predicted molar refractivity (Wildman–Crippen MR) is 53.7 cm³/mol. The zero-order valence-corrected chi connectivity index (χ0v) is 9.10. The molecule has 0 atom stereocenters. The lowest BCUT2D eigenvalue weighted by Gasteiger charge is -2.08. The van der Waals surface area contributed by atoms with Crippen LogP contribution in [0.4, 0.5) is 4.39 Å². The van der Waals surface area contributed by atoms with E-state index in [1.165, 1.54) is 13.2 Å². The highest BCUT2D eigenvalue weighted by Crippen LogP contribution is 2.27. The zero-order chi connectivity index (χ0) is 11.4. The summed E-state index contributed by atoms with van der Waals surface area (Å²) >= 11 is 5.71. The highest BCUT2D eigenvalue weighted by Gasteiger charge is 2.08. The number of carbonyl (C=O) groups excluding carboxylic acids is 1. The number of aryl methyl sites for hydroxylation is 1. The SMILES string of the molecule is COC(=O)COc1cc(C)c(F)cc1Cl. The summed E-state index contributed by atoms with van der Waals surface area (Å²) < 4.78 is 22.4. The molecule has 0 aromatic heterocycles. The summed E-state index contributed by atoms with van der Waals surface area (Å²) in [4.78, 5) is 10.8. The first-order valence-corrected chi connectivity index (χ1v) is 4.57. The van der Waals surface area contributed by atoms with E-state index in [4.69, 9.17) is 16.3 Å². The fourth-order valence-corrected chi connectivity index (χ4v) is 1.14. The number of carbonyl (C=O) groups is 1. The molecule has 1 aromatic rings. The highest BCUT2D eigenvalue weighted by atomic mass is 35.5. The Morgan fingerprint density at radius 1 is 1.53 bits per heavy atom. The third-order valence-corrected chi connectivity index (χ3v) is 2.08. The lowest BCUT2D eigenvalue weighted by atomic mass is 10.2. The van der Waals surface area contributed by atoms with Gasteiger partial charge in [0.15, 0.2) is 6.61 Å². The number of ether oxygens (including phenoxy) is 2. The van der Waals surface area contributed by atoms with E-state index in [1.807, 2.05) is 0 Å². The van der Waals surface area contributed by atoms with Crippen molar-refractivity contribution in [2.45, 2.75) is 6.92 Å². The molecule has 1 aromatic carbocycles. The van der Waals surface area contributed by atoms with Gasteiger partial charge in [-0.2, -0.15) is 0 Å². The number of esters is 1. The van der Waals surface area contributed by atoms with Gasteiger partial charge in [0.25, 0.3) is 0 Å². The second kappa shape index (κ2) is 4.98. The van der Waals surface area contributed by atoms with Crippen LogP contribution in [-0.2, 0) is 9.53 Å². The lowest BCUT2D eigenvalue weighted by Crippen LogP contribution is -2.12. The normalized spacial score (nSPS) is 9.87. The van der Waals surface area contributed by atoms with Crippen molar-refractivity contribution in [3.8, 4) is 5.75 Å². The minimum Gasteiger partial charge on any atom is -0.480 e. The molecule has 0 bridgehead atoms. The van der Waals surface area contributed by atoms with Crippen molar-refractivity contribution >= 4 is 17.6 Å². The van der Waals surface area contributed by atoms with Crippen LogP contribution in [0, 0.1) is 12.7 Å². The Morgan fingerprint density at radius 3 is 2.80 bits per heavy atom. The quantitative estimate of drug-likeness (QED) is 0.751. The molecule has 0 heterocycles. The third kappa shape index (κ3) is 3.09. The molecule has 0 amide bonds. The molecule has 0 saturated carbocycles. The predicted octanol–water partition coefficient (Wildman–Crippen LogP) is 2.34. The molecule has 0 aliphatic heterocycles. The fraction of sp³-hybridized carbons (Fsp3) is 0.300. The molecule has 82 valence electrons. The summed E-state index contributed by atoms with van der Waals surface area (Å²) in [6.07, 6.45) is 0. The van der Waals surface area contributed by atoms with Crippen LogP contribution in [0.25, 0.3) is 0 Å². The van der Waals surface area contributed by atoms with Crippen molar-refractivity contribution in [1.29, 1.82) is 0 Å². The molecule has 0 saturated heterocycles. The molecule has 3 nitrogen and oxygen atoms in total. The molecule has 0 spiro atoms. The fourth-order valence-electron chi connectivity index (χ4n) is 0.937. The largest absolute Gasteiger partial charge is 0.480 e. The van der Waals surface area contributed by atoms with Gasteiger partial charge in [0.05, 0.1) is 12.1 Å². The molecular weight excluding hydrogens is 223 g/mol. The Morgan fingerprint density at radius 2 is 2.20 bits per heavy atom. The lowest BCUT2D eigenvalue weighted by molar-refractivity contribution is -0.142. The van der Waals surface area contributed by atoms with Gasteiger partial charge >= 0.3 is 5.97 Å². The minimum absolute atomic E-state index is 0.127. The van der Waals surface area contributed by atoms with Gasteiger partial charge in [-0.25, -0.2) is 9.18 Å². The van der Waals surface area contributed by atoms with E-state index in [2.05, 4.69) is 4.74 Å². The molecule has 0 fully saturated rings. The average molecular weight is 233 g/mol. The van der Waals surface area contributed by atoms with Gasteiger partial charge in [0, 0.05) is 0 Å². The topological polar surface area (TPSA) is 35.5 Å². The second-order valence-corrected chi connectivity index (χ2v) is 3.30. The van der Waals surface area contributed by atoms with Crippen molar-refractivity contribution in [2.75, 3.05) is 13.7 Å². The molecule has 1 rings (SSSR count). The smallest absolute Gasteiger partial charge is 0.343 e. The van der Waals surface area contributed by atoms with Gasteiger partial charge < -0.3 is 9.47 Å². The van der Waals surface area contributed by atoms with Crippen molar-refractivity contribution in [3.63, 3.8) is 0 Å². The summed E-state index contributed by atoms with van der Waals surface area (Å²) in [5, 5.41) is 0.127. The van der Waals surface area contributed by atoms with E-state index in [-0.39, 0.29) is 17.4 Å². The van der Waals surface area contributed by atoms with Gasteiger partial charge in [-0.05, 0) is 24.6 Å². The first-order valence-electron chi connectivity index (χ1n) is 4.20. The van der Waals surface area contributed by atoms with Crippen molar-refractivity contribution in [1.82, 2.24) is 0 Å². The Kier molecular flexibility index (Phi) is 3.91. The summed E-state index contributed by atoms with van der Waals surface area (Å²) in [7, 11) is 1.25. The molecule has 0 aliphatic carbocycles. The van der Waals surface area contributed by atoms with Crippen molar-refractivity contribution in [3.05, 3.63) is 28.5 Å². The highest BCUT2D eigenvalue weighted by molar-refractivity contribution is 6.32. The van der Waals surface area contributed by atoms with E-state index in [0.717, 1.165) is 6.07 Å². The summed E-state index contributed by atoms with van der Waals surface area (Å²) in [6.45, 7) is 1.33. The Balaban J connectivity index is 2.77. The first kappa shape index (κ1) is 11.8. The van der Waals surface area contributed by atoms with Crippen LogP contribution in [0.3, 0.4) is 0 Å². The number of halogens is 2. The molecule has 0 N–H and O–H groups in total. The van der Waals surface area contributed by atoms with E-state index in [9.17, 15) is 9.18 Å². The Hall–Kier alpha value is -1.29. The summed E-state index contributed by atoms with van der Waals surface area (Å²) in [6, 6.07) is 2.57. The van der Waals surface area contributed by atoms with Crippen LogP contribution in [0.1, 0.15) is 5.56 Å². The van der Waals surface area contributed by atoms with E-state index < -0.39 is 11.8 Å². The number of rotatable bonds is 3. The standard InChI is InChI=1S/C10H10ClFO3/c1-6-3-9(7(11)4-8(6)12)15-5-10(13)14-2/h3-4H,5H2,1-2H3. The number of benzene rings is 1. The molecular formula is C10H10ClFO3. The number of hydrogen-bond donors (Lipinski definition) is 0. The number of methoxy groups -OCH3 is 1. The summed E-state index contributed by atoms with van der Waals surface area (Å²) in [5.74, 6) is -0.667. The Bertz CT molecular complexity index is 379. The molecule has 0 radical (unpaired) electrons. The van der Waals surface area contributed by atoms with E-state index in [1.54, 1.807) is 6.92 Å². The van der Waals surface area contributed by atoms with Crippen LogP contribution in [0.5, 0.6) is 5.75 Å². The average Bonchev–Trinajstić information content (AvgIpc) is 2.21. The van der Waals surface area contributed by atoms with Crippen LogP contribution in [0.2, 0.25) is 5.02 Å². The minimum atomic E-state index is -0.520. The Labute approximate surface area is 91.7 Å². The van der Waals surface area contributed by atoms with Gasteiger partial charge in [-0.3, -0.25) is 0 Å². The van der Waals surface area contributed by atoms with E-state index in [0.29, 0.717) is 5.56 Å². The molecule has 0 aliphatic rings. The third-order valence-electron chi connectivity index (χ3n) is 1.79. The molecule has 0 unspecified atom stereocenters.